The fourth-order valence-corrected chi connectivity index (χ4v) is 10.8. The summed E-state index contributed by atoms with van der Waals surface area (Å²) in [4.78, 5) is 180. The van der Waals surface area contributed by atoms with Crippen molar-refractivity contribution in [2.45, 2.75) is 202 Å². The third-order valence-corrected chi connectivity index (χ3v) is 15.9. The highest BCUT2D eigenvalue weighted by Gasteiger charge is 2.47. The summed E-state index contributed by atoms with van der Waals surface area (Å²) in [6, 6.07) is -12.2. The molecule has 0 aliphatic carbocycles. The predicted octanol–water partition coefficient (Wildman–Crippen LogP) is 2.13. The number of carbonyl (C=O) groups excluding carboxylic acids is 12. The Morgan fingerprint density at radius 1 is 0.531 bits per heavy atom. The van der Waals surface area contributed by atoms with Gasteiger partial charge in [-0.25, -0.2) is 4.79 Å². The number of hydrogen-bond donors (Lipinski definition) is 3. The van der Waals surface area contributed by atoms with E-state index in [0.29, 0.717) is 25.7 Å². The van der Waals surface area contributed by atoms with E-state index in [9.17, 15) is 47.9 Å². The SMILES string of the molecule is CC[C@H](C)[C@H]1C(=O)N[C@@H](CC(=O)OC)C(=O)N(C)[C@@H](C(C)C)C(=O)N[C@@H](CC(C)C)C(=O)O[C@H](C)C(=O)N2CCCC[C@H]2C(=O)N(C)[C@@H](C(C)C)C(=O)N[C@H](C(C)C)C(=O)N(C)[C@@H](CC(=O)OC)C(=O)N(C)[C@@H]([C@@H](C)CC)C(=O)N1C. The summed E-state index contributed by atoms with van der Waals surface area (Å²) in [5.41, 5.74) is 0. The Kier molecular flexibility index (Phi) is 27.7. The number of piperidine rings is 1. The lowest BCUT2D eigenvalue weighted by molar-refractivity contribution is -0.165. The molecule has 12 atom stereocenters. The molecule has 0 radical (unpaired) electrons. The van der Waals surface area contributed by atoms with E-state index in [-0.39, 0.29) is 25.3 Å². The predicted molar refractivity (Wildman–Crippen MR) is 300 cm³/mol. The molecule has 9 amide bonds. The van der Waals surface area contributed by atoms with Crippen LogP contribution in [0.4, 0.5) is 0 Å². The Hall–Kier alpha value is -6.36. The van der Waals surface area contributed by atoms with Gasteiger partial charge in [0.05, 0.1) is 27.1 Å². The van der Waals surface area contributed by atoms with E-state index in [2.05, 4.69) is 16.0 Å². The number of esters is 3. The average molecular weight is 1150 g/mol. The Balaban J connectivity index is 3.04. The van der Waals surface area contributed by atoms with Crippen LogP contribution < -0.4 is 16.0 Å². The smallest absolute Gasteiger partial charge is 0.329 e. The fourth-order valence-electron chi connectivity index (χ4n) is 10.8. The normalized spacial score (nSPS) is 27.5. The first-order valence-corrected chi connectivity index (χ1v) is 28.6. The molecule has 0 aromatic rings. The number of nitrogens with one attached hydrogen (secondary N) is 3. The highest BCUT2D eigenvalue weighted by Crippen LogP contribution is 2.27. The highest BCUT2D eigenvalue weighted by atomic mass is 16.6. The molecule has 0 bridgehead atoms. The zero-order valence-corrected chi connectivity index (χ0v) is 51.9. The first-order chi connectivity index (χ1) is 37.7. The summed E-state index contributed by atoms with van der Waals surface area (Å²) in [6.07, 6.45) is -0.865. The van der Waals surface area contributed by atoms with Crippen LogP contribution in [0.25, 0.3) is 0 Å². The number of amides is 9. The molecule has 0 spiro atoms. The zero-order valence-electron chi connectivity index (χ0n) is 51.9. The van der Waals surface area contributed by atoms with Crippen LogP contribution in [0.5, 0.6) is 0 Å². The monoisotopic (exact) mass is 1150 g/mol. The first kappa shape index (κ1) is 70.7. The zero-order chi connectivity index (χ0) is 62.2. The first-order valence-electron chi connectivity index (χ1n) is 28.6. The molecule has 460 valence electrons. The number of cyclic esters (lactones) is 1. The third kappa shape index (κ3) is 18.1. The van der Waals surface area contributed by atoms with Crippen molar-refractivity contribution in [1.82, 2.24) is 45.3 Å². The molecule has 2 saturated heterocycles. The van der Waals surface area contributed by atoms with Crippen LogP contribution in [-0.4, -0.2) is 217 Å². The second-order valence-corrected chi connectivity index (χ2v) is 23.5. The maximum Gasteiger partial charge on any atom is 0.329 e. The summed E-state index contributed by atoms with van der Waals surface area (Å²) in [5.74, 6) is -12.9. The van der Waals surface area contributed by atoms with E-state index >= 15 is 9.59 Å². The number of nitrogens with zero attached hydrogens (tertiary/aromatic N) is 6. The summed E-state index contributed by atoms with van der Waals surface area (Å²) < 4.78 is 15.7. The van der Waals surface area contributed by atoms with E-state index in [0.717, 1.165) is 33.8 Å². The average Bonchev–Trinajstić information content (AvgIpc) is 3.45. The standard InChI is InChI=1S/C57H97N9O15/c1-21-34(11)46-50(71)58-37(28-41(67)79-19)52(73)62(15)44(32(7)8)48(69)59-38(27-30(3)4)57(78)81-36(13)51(72)66-26-24-23-25-39(66)53(74)63(16)45(33(9)10)49(70)60-43(31(5)6)55(76)61(14)40(29-42(68)80-20)54(75)65(18)47(35(12)22-2)56(77)64(46)17/h30-40,43-47H,21-29H2,1-20H3,(H,58,71)(H,59,69)(H,60,70)/t34-,35-,36+,37-,38-,39-,40-,43+,44-,45-,46-,47-/m0/s1. The molecule has 2 fully saturated rings. The number of rotatable bonds is 13. The lowest BCUT2D eigenvalue weighted by Gasteiger charge is -2.41. The molecular weight excluding hydrogens is 1050 g/mol. The van der Waals surface area contributed by atoms with Gasteiger partial charge >= 0.3 is 17.9 Å². The van der Waals surface area contributed by atoms with Gasteiger partial charge in [0, 0.05) is 41.8 Å². The molecule has 2 aliphatic rings. The van der Waals surface area contributed by atoms with Gasteiger partial charge < -0.3 is 59.6 Å². The van der Waals surface area contributed by atoms with Crippen molar-refractivity contribution < 1.29 is 71.7 Å². The van der Waals surface area contributed by atoms with Gasteiger partial charge in [-0.05, 0) is 68.1 Å². The molecule has 24 nitrogen and oxygen atoms in total. The lowest BCUT2D eigenvalue weighted by Crippen LogP contribution is -2.63. The molecule has 0 unspecified atom stereocenters. The number of likely N-dealkylation sites (N-methyl/N-ethyl adjacent to an activating group) is 5. The molecule has 81 heavy (non-hydrogen) atoms. The maximum absolute atomic E-state index is 15.1. The maximum atomic E-state index is 15.1. The van der Waals surface area contributed by atoms with E-state index in [1.165, 1.54) is 52.0 Å². The quantitative estimate of drug-likeness (QED) is 0.176. The van der Waals surface area contributed by atoms with Gasteiger partial charge in [0.25, 0.3) is 5.91 Å². The van der Waals surface area contributed by atoms with Crippen LogP contribution in [-0.2, 0) is 71.7 Å². The van der Waals surface area contributed by atoms with Crippen molar-refractivity contribution in [2.24, 2.45) is 35.5 Å². The van der Waals surface area contributed by atoms with Crippen LogP contribution in [0.1, 0.15) is 141 Å². The van der Waals surface area contributed by atoms with E-state index in [1.54, 1.807) is 83.1 Å². The van der Waals surface area contributed by atoms with Crippen LogP contribution in [0.15, 0.2) is 0 Å². The minimum atomic E-state index is -1.66. The van der Waals surface area contributed by atoms with Crippen molar-refractivity contribution in [1.29, 1.82) is 0 Å². The number of hydrogen-bond acceptors (Lipinski definition) is 15. The Labute approximate surface area is 480 Å². The molecule has 24 heteroatoms. The Morgan fingerprint density at radius 2 is 0.988 bits per heavy atom. The molecule has 0 aromatic carbocycles. The molecule has 2 rings (SSSR count). The minimum absolute atomic E-state index is 0.0436. The van der Waals surface area contributed by atoms with Gasteiger partial charge in [-0.15, -0.1) is 0 Å². The topological polar surface area (TPSA) is 288 Å². The number of carbonyl (C=O) groups is 12. The largest absolute Gasteiger partial charge is 0.469 e. The van der Waals surface area contributed by atoms with Crippen LogP contribution in [0, 0.1) is 35.5 Å². The van der Waals surface area contributed by atoms with Crippen LogP contribution in [0.2, 0.25) is 0 Å². The molecule has 2 heterocycles. The van der Waals surface area contributed by atoms with Gasteiger partial charge in [-0.2, -0.15) is 0 Å². The minimum Gasteiger partial charge on any atom is -0.469 e. The summed E-state index contributed by atoms with van der Waals surface area (Å²) in [7, 11) is 8.92. The molecule has 2 aliphatic heterocycles. The van der Waals surface area contributed by atoms with Crippen molar-refractivity contribution in [3.63, 3.8) is 0 Å². The summed E-state index contributed by atoms with van der Waals surface area (Å²) in [5, 5.41) is 8.20. The number of fused-ring (bicyclic) bond motifs is 1. The fraction of sp³-hybridized carbons (Fsp3) is 0.789. The number of methoxy groups -OCH3 is 2. The second-order valence-electron chi connectivity index (χ2n) is 23.5. The Bertz CT molecular complexity index is 2260. The number of ether oxygens (including phenoxy) is 3. The van der Waals surface area contributed by atoms with Crippen LogP contribution >= 0.6 is 0 Å². The van der Waals surface area contributed by atoms with Gasteiger partial charge in [0.2, 0.25) is 47.3 Å². The molecule has 0 saturated carbocycles. The highest BCUT2D eigenvalue weighted by molar-refractivity contribution is 6.00. The van der Waals surface area contributed by atoms with Gasteiger partial charge in [-0.3, -0.25) is 52.7 Å². The van der Waals surface area contributed by atoms with Crippen molar-refractivity contribution in [3.05, 3.63) is 0 Å². The summed E-state index contributed by atoms with van der Waals surface area (Å²) in [6.45, 7) is 22.1. The van der Waals surface area contributed by atoms with Crippen molar-refractivity contribution >= 4 is 71.1 Å². The second kappa shape index (κ2) is 31.7. The van der Waals surface area contributed by atoms with Crippen molar-refractivity contribution in [2.75, 3.05) is 56.0 Å². The van der Waals surface area contributed by atoms with E-state index in [4.69, 9.17) is 14.2 Å². The van der Waals surface area contributed by atoms with E-state index < -0.39 is 174 Å². The van der Waals surface area contributed by atoms with Gasteiger partial charge in [0.15, 0.2) is 6.10 Å². The van der Waals surface area contributed by atoms with Crippen molar-refractivity contribution in [3.8, 4) is 0 Å². The molecular formula is C57H97N9O15. The Morgan fingerprint density at radius 3 is 1.48 bits per heavy atom. The van der Waals surface area contributed by atoms with Gasteiger partial charge in [0.1, 0.15) is 54.4 Å². The third-order valence-electron chi connectivity index (χ3n) is 15.9. The summed E-state index contributed by atoms with van der Waals surface area (Å²) >= 11 is 0. The lowest BCUT2D eigenvalue weighted by atomic mass is 9.92. The van der Waals surface area contributed by atoms with E-state index in [1.807, 2.05) is 0 Å². The van der Waals surface area contributed by atoms with Crippen LogP contribution in [0.3, 0.4) is 0 Å². The molecule has 0 aromatic heterocycles. The molecule has 3 N–H and O–H groups in total. The van der Waals surface area contributed by atoms with Gasteiger partial charge in [-0.1, -0.05) is 95.9 Å².